The standard InChI is InChI=1S/C11H23NOS/c1-12-11(6-7-13)9-14-8-10-4-2-3-5-10/h10-13H,2-9H2,1H3. The summed E-state index contributed by atoms with van der Waals surface area (Å²) in [5.74, 6) is 3.45. The summed E-state index contributed by atoms with van der Waals surface area (Å²) in [6.07, 6.45) is 6.65. The Labute approximate surface area is 91.9 Å². The van der Waals surface area contributed by atoms with Crippen molar-refractivity contribution in [2.75, 3.05) is 25.2 Å². The third-order valence-electron chi connectivity index (χ3n) is 3.03. The van der Waals surface area contributed by atoms with E-state index in [2.05, 4.69) is 5.32 Å². The molecule has 3 heteroatoms. The van der Waals surface area contributed by atoms with Gasteiger partial charge in [-0.3, -0.25) is 0 Å². The van der Waals surface area contributed by atoms with Crippen LogP contribution in [0.5, 0.6) is 0 Å². The van der Waals surface area contributed by atoms with Gasteiger partial charge >= 0.3 is 0 Å². The lowest BCUT2D eigenvalue weighted by atomic mass is 10.1. The molecule has 0 spiro atoms. The minimum atomic E-state index is 0.301. The topological polar surface area (TPSA) is 32.3 Å². The largest absolute Gasteiger partial charge is 0.396 e. The smallest absolute Gasteiger partial charge is 0.0446 e. The summed E-state index contributed by atoms with van der Waals surface area (Å²) in [6, 6.07) is 0.492. The molecule has 0 amide bonds. The third kappa shape index (κ3) is 4.67. The van der Waals surface area contributed by atoms with E-state index in [0.29, 0.717) is 12.6 Å². The molecule has 0 heterocycles. The summed E-state index contributed by atoms with van der Waals surface area (Å²) in [5.41, 5.74) is 0. The zero-order valence-corrected chi connectivity index (χ0v) is 9.98. The summed E-state index contributed by atoms with van der Waals surface area (Å²) in [7, 11) is 1.98. The summed E-state index contributed by atoms with van der Waals surface area (Å²) in [5, 5.41) is 12.1. The predicted octanol–water partition coefficient (Wildman–Crippen LogP) is 1.88. The van der Waals surface area contributed by atoms with Gasteiger partial charge in [-0.15, -0.1) is 0 Å². The molecule has 1 aliphatic carbocycles. The fraction of sp³-hybridized carbons (Fsp3) is 1.00. The van der Waals surface area contributed by atoms with Gasteiger partial charge in [0, 0.05) is 18.4 Å². The Bertz CT molecular complexity index is 137. The highest BCUT2D eigenvalue weighted by Gasteiger charge is 2.15. The van der Waals surface area contributed by atoms with Gasteiger partial charge in [-0.2, -0.15) is 11.8 Å². The number of aliphatic hydroxyl groups is 1. The minimum absolute atomic E-state index is 0.301. The zero-order chi connectivity index (χ0) is 10.2. The van der Waals surface area contributed by atoms with Gasteiger partial charge in [-0.25, -0.2) is 0 Å². The molecule has 1 unspecified atom stereocenters. The molecule has 2 N–H and O–H groups in total. The SMILES string of the molecule is CNC(CCO)CSCC1CCCC1. The van der Waals surface area contributed by atoms with Crippen molar-refractivity contribution >= 4 is 11.8 Å². The van der Waals surface area contributed by atoms with Crippen molar-refractivity contribution < 1.29 is 5.11 Å². The molecule has 0 aliphatic heterocycles. The summed E-state index contributed by atoms with van der Waals surface area (Å²) < 4.78 is 0. The maximum atomic E-state index is 8.83. The van der Waals surface area contributed by atoms with Gasteiger partial charge in [0.1, 0.15) is 0 Å². The quantitative estimate of drug-likeness (QED) is 0.683. The van der Waals surface area contributed by atoms with Gasteiger partial charge in [0.15, 0.2) is 0 Å². The van der Waals surface area contributed by atoms with Crippen LogP contribution < -0.4 is 5.32 Å². The molecule has 0 aromatic rings. The lowest BCUT2D eigenvalue weighted by Crippen LogP contribution is -2.29. The monoisotopic (exact) mass is 217 g/mol. The Kier molecular flexibility index (Phi) is 6.65. The number of hydrogen-bond acceptors (Lipinski definition) is 3. The normalized spacial score (nSPS) is 20.1. The average molecular weight is 217 g/mol. The van der Waals surface area contributed by atoms with E-state index in [-0.39, 0.29) is 0 Å². The van der Waals surface area contributed by atoms with Crippen LogP contribution in [0.4, 0.5) is 0 Å². The van der Waals surface area contributed by atoms with E-state index in [1.807, 2.05) is 18.8 Å². The van der Waals surface area contributed by atoms with E-state index >= 15 is 0 Å². The summed E-state index contributed by atoms with van der Waals surface area (Å²) in [4.78, 5) is 0. The number of aliphatic hydroxyl groups excluding tert-OH is 1. The second-order valence-electron chi connectivity index (χ2n) is 4.19. The van der Waals surface area contributed by atoms with Crippen LogP contribution >= 0.6 is 11.8 Å². The molecular formula is C11H23NOS. The Balaban J connectivity index is 2.00. The highest BCUT2D eigenvalue weighted by molar-refractivity contribution is 7.99. The molecule has 0 bridgehead atoms. The molecular weight excluding hydrogens is 194 g/mol. The van der Waals surface area contributed by atoms with E-state index in [1.165, 1.54) is 31.4 Å². The van der Waals surface area contributed by atoms with Gasteiger partial charge < -0.3 is 10.4 Å². The number of thioether (sulfide) groups is 1. The first-order valence-electron chi connectivity index (χ1n) is 5.72. The molecule has 0 aromatic heterocycles. The van der Waals surface area contributed by atoms with Crippen LogP contribution in [-0.2, 0) is 0 Å². The number of hydrogen-bond donors (Lipinski definition) is 2. The van der Waals surface area contributed by atoms with E-state index in [0.717, 1.165) is 18.1 Å². The van der Waals surface area contributed by atoms with E-state index in [1.54, 1.807) is 0 Å². The van der Waals surface area contributed by atoms with Crippen LogP contribution in [0, 0.1) is 5.92 Å². The van der Waals surface area contributed by atoms with Crippen molar-refractivity contribution in [3.05, 3.63) is 0 Å². The molecule has 0 saturated heterocycles. The van der Waals surface area contributed by atoms with Crippen LogP contribution in [0.25, 0.3) is 0 Å². The molecule has 1 fully saturated rings. The lowest BCUT2D eigenvalue weighted by Gasteiger charge is -2.15. The zero-order valence-electron chi connectivity index (χ0n) is 9.17. The highest BCUT2D eigenvalue weighted by Crippen LogP contribution is 2.28. The maximum Gasteiger partial charge on any atom is 0.0446 e. The molecule has 14 heavy (non-hydrogen) atoms. The molecule has 1 saturated carbocycles. The van der Waals surface area contributed by atoms with Crippen LogP contribution in [0.3, 0.4) is 0 Å². The van der Waals surface area contributed by atoms with Crippen molar-refractivity contribution in [2.45, 2.75) is 38.1 Å². The first-order chi connectivity index (χ1) is 6.86. The van der Waals surface area contributed by atoms with Gasteiger partial charge in [-0.05, 0) is 38.0 Å². The Morgan fingerprint density at radius 2 is 2.14 bits per heavy atom. The van der Waals surface area contributed by atoms with Crippen molar-refractivity contribution in [1.82, 2.24) is 5.32 Å². The van der Waals surface area contributed by atoms with E-state index in [9.17, 15) is 0 Å². The van der Waals surface area contributed by atoms with Crippen LogP contribution in [0.2, 0.25) is 0 Å². The van der Waals surface area contributed by atoms with Gasteiger partial charge in [0.2, 0.25) is 0 Å². The molecule has 0 aromatic carbocycles. The second-order valence-corrected chi connectivity index (χ2v) is 5.26. The summed E-state index contributed by atoms with van der Waals surface area (Å²) >= 11 is 2.05. The highest BCUT2D eigenvalue weighted by atomic mass is 32.2. The van der Waals surface area contributed by atoms with Gasteiger partial charge in [-0.1, -0.05) is 12.8 Å². The second kappa shape index (κ2) is 7.55. The average Bonchev–Trinajstić information content (AvgIpc) is 2.69. The van der Waals surface area contributed by atoms with Crippen molar-refractivity contribution in [1.29, 1.82) is 0 Å². The van der Waals surface area contributed by atoms with Crippen molar-refractivity contribution in [2.24, 2.45) is 5.92 Å². The fourth-order valence-electron chi connectivity index (χ4n) is 2.02. The summed E-state index contributed by atoms with van der Waals surface area (Å²) in [6.45, 7) is 0.301. The van der Waals surface area contributed by atoms with Gasteiger partial charge in [0.05, 0.1) is 0 Å². The first kappa shape index (κ1) is 12.3. The molecule has 1 aliphatic rings. The first-order valence-corrected chi connectivity index (χ1v) is 6.88. The fourth-order valence-corrected chi connectivity index (χ4v) is 3.44. The van der Waals surface area contributed by atoms with Crippen LogP contribution in [0.15, 0.2) is 0 Å². The van der Waals surface area contributed by atoms with Gasteiger partial charge in [0.25, 0.3) is 0 Å². The van der Waals surface area contributed by atoms with Crippen molar-refractivity contribution in [3.8, 4) is 0 Å². The predicted molar refractivity (Wildman–Crippen MR) is 63.8 cm³/mol. The minimum Gasteiger partial charge on any atom is -0.396 e. The maximum absolute atomic E-state index is 8.83. The molecule has 0 radical (unpaired) electrons. The molecule has 2 nitrogen and oxygen atoms in total. The Hall–Kier alpha value is 0.270. The van der Waals surface area contributed by atoms with Crippen molar-refractivity contribution in [3.63, 3.8) is 0 Å². The number of nitrogens with one attached hydrogen (secondary N) is 1. The lowest BCUT2D eigenvalue weighted by molar-refractivity contribution is 0.273. The number of rotatable bonds is 7. The Morgan fingerprint density at radius 3 is 2.71 bits per heavy atom. The van der Waals surface area contributed by atoms with E-state index < -0.39 is 0 Å². The Morgan fingerprint density at radius 1 is 1.43 bits per heavy atom. The molecule has 1 atom stereocenters. The van der Waals surface area contributed by atoms with E-state index in [4.69, 9.17) is 5.11 Å². The third-order valence-corrected chi connectivity index (χ3v) is 4.38. The molecule has 1 rings (SSSR count). The molecule has 84 valence electrons. The van der Waals surface area contributed by atoms with Crippen LogP contribution in [-0.4, -0.2) is 36.3 Å². The van der Waals surface area contributed by atoms with Crippen LogP contribution in [0.1, 0.15) is 32.1 Å².